The molecule has 1 aromatic rings. The summed E-state index contributed by atoms with van der Waals surface area (Å²) in [4.78, 5) is 0. The van der Waals surface area contributed by atoms with Gasteiger partial charge in [0.1, 0.15) is 0 Å². The Morgan fingerprint density at radius 3 is 2.53 bits per heavy atom. The standard InChI is InChI=1S/C17H24O2/c1-11(2)17-10-15(18)16(4,19-17)9-14(17)13-8-6-5-7-12(13)3/h5-8,11,14-15,18H,9-10H2,1-4H3/t14?,15-,16+,17-/m1/s1. The lowest BCUT2D eigenvalue weighted by Crippen LogP contribution is -2.42. The van der Waals surface area contributed by atoms with E-state index in [0.717, 1.165) is 12.8 Å². The molecule has 0 spiro atoms. The molecule has 2 bridgehead atoms. The molecule has 2 nitrogen and oxygen atoms in total. The Hall–Kier alpha value is -0.860. The summed E-state index contributed by atoms with van der Waals surface area (Å²) in [5, 5.41) is 10.3. The van der Waals surface area contributed by atoms with E-state index in [1.165, 1.54) is 11.1 Å². The van der Waals surface area contributed by atoms with Gasteiger partial charge in [-0.15, -0.1) is 0 Å². The molecular weight excluding hydrogens is 236 g/mol. The Bertz CT molecular complexity index is 496. The van der Waals surface area contributed by atoms with Crippen molar-refractivity contribution in [1.29, 1.82) is 0 Å². The van der Waals surface area contributed by atoms with E-state index in [1.807, 2.05) is 0 Å². The molecule has 104 valence electrons. The molecule has 1 aromatic carbocycles. The summed E-state index contributed by atoms with van der Waals surface area (Å²) in [6, 6.07) is 8.60. The molecule has 0 aromatic heterocycles. The van der Waals surface area contributed by atoms with Crippen LogP contribution in [0.2, 0.25) is 0 Å². The molecule has 1 unspecified atom stereocenters. The van der Waals surface area contributed by atoms with Crippen molar-refractivity contribution < 1.29 is 9.84 Å². The van der Waals surface area contributed by atoms with Crippen molar-refractivity contribution in [3.05, 3.63) is 35.4 Å². The van der Waals surface area contributed by atoms with Gasteiger partial charge in [-0.2, -0.15) is 0 Å². The fourth-order valence-electron chi connectivity index (χ4n) is 4.14. The van der Waals surface area contributed by atoms with Crippen LogP contribution in [-0.4, -0.2) is 22.4 Å². The van der Waals surface area contributed by atoms with Gasteiger partial charge in [0.25, 0.3) is 0 Å². The van der Waals surface area contributed by atoms with E-state index in [1.54, 1.807) is 0 Å². The number of hydrogen-bond donors (Lipinski definition) is 1. The van der Waals surface area contributed by atoms with E-state index in [2.05, 4.69) is 52.0 Å². The number of rotatable bonds is 2. The number of aryl methyl sites for hydroxylation is 1. The Labute approximate surface area is 115 Å². The molecule has 2 fully saturated rings. The van der Waals surface area contributed by atoms with Crippen LogP contribution in [0.5, 0.6) is 0 Å². The highest BCUT2D eigenvalue weighted by atomic mass is 16.6. The average Bonchev–Trinajstić information content (AvgIpc) is 2.78. The van der Waals surface area contributed by atoms with Crippen LogP contribution in [-0.2, 0) is 4.74 Å². The highest BCUT2D eigenvalue weighted by Crippen LogP contribution is 2.61. The van der Waals surface area contributed by atoms with Gasteiger partial charge < -0.3 is 9.84 Å². The monoisotopic (exact) mass is 260 g/mol. The topological polar surface area (TPSA) is 29.5 Å². The number of ether oxygens (including phenoxy) is 1. The number of hydrogen-bond acceptors (Lipinski definition) is 2. The van der Waals surface area contributed by atoms with Crippen molar-refractivity contribution in [3.63, 3.8) is 0 Å². The third-order valence-corrected chi connectivity index (χ3v) is 5.38. The molecule has 0 amide bonds. The van der Waals surface area contributed by atoms with Crippen LogP contribution in [0.4, 0.5) is 0 Å². The molecule has 0 saturated carbocycles. The van der Waals surface area contributed by atoms with Crippen molar-refractivity contribution in [2.45, 2.75) is 63.8 Å². The van der Waals surface area contributed by atoms with Crippen LogP contribution < -0.4 is 0 Å². The van der Waals surface area contributed by atoms with Gasteiger partial charge >= 0.3 is 0 Å². The first-order valence-corrected chi connectivity index (χ1v) is 7.33. The van der Waals surface area contributed by atoms with Gasteiger partial charge in [-0.05, 0) is 37.3 Å². The minimum atomic E-state index is -0.364. The second kappa shape index (κ2) is 4.07. The van der Waals surface area contributed by atoms with Crippen molar-refractivity contribution in [2.24, 2.45) is 5.92 Å². The van der Waals surface area contributed by atoms with Crippen molar-refractivity contribution >= 4 is 0 Å². The number of benzene rings is 1. The smallest absolute Gasteiger partial charge is 0.0928 e. The number of aliphatic hydroxyl groups is 1. The van der Waals surface area contributed by atoms with Gasteiger partial charge in [-0.3, -0.25) is 0 Å². The van der Waals surface area contributed by atoms with Crippen LogP contribution in [0.15, 0.2) is 24.3 Å². The quantitative estimate of drug-likeness (QED) is 0.883. The maximum absolute atomic E-state index is 10.3. The van der Waals surface area contributed by atoms with E-state index in [9.17, 15) is 5.11 Å². The summed E-state index contributed by atoms with van der Waals surface area (Å²) in [6.07, 6.45) is 1.37. The first-order chi connectivity index (χ1) is 8.89. The molecule has 0 radical (unpaired) electrons. The van der Waals surface area contributed by atoms with E-state index < -0.39 is 0 Å². The SMILES string of the molecule is Cc1ccccc1C1C[C@]2(C)O[C@@]1(C(C)C)C[C@H]2O. The zero-order valence-electron chi connectivity index (χ0n) is 12.3. The fraction of sp³-hybridized carbons (Fsp3) is 0.647. The minimum Gasteiger partial charge on any atom is -0.390 e. The lowest BCUT2D eigenvalue weighted by atomic mass is 9.65. The molecule has 4 atom stereocenters. The van der Waals surface area contributed by atoms with Gasteiger partial charge in [0, 0.05) is 12.3 Å². The summed E-state index contributed by atoms with van der Waals surface area (Å²) in [5.74, 6) is 0.818. The highest BCUT2D eigenvalue weighted by Gasteiger charge is 2.65. The van der Waals surface area contributed by atoms with Crippen LogP contribution in [0.3, 0.4) is 0 Å². The van der Waals surface area contributed by atoms with Gasteiger partial charge in [-0.25, -0.2) is 0 Å². The maximum Gasteiger partial charge on any atom is 0.0928 e. The lowest BCUT2D eigenvalue weighted by Gasteiger charge is -2.38. The Kier molecular flexibility index (Phi) is 2.81. The normalized spacial score (nSPS) is 41.2. The van der Waals surface area contributed by atoms with E-state index >= 15 is 0 Å². The Balaban J connectivity index is 2.07. The molecule has 19 heavy (non-hydrogen) atoms. The van der Waals surface area contributed by atoms with E-state index in [0.29, 0.717) is 11.8 Å². The predicted molar refractivity (Wildman–Crippen MR) is 76.2 cm³/mol. The fourth-order valence-corrected chi connectivity index (χ4v) is 4.14. The molecule has 2 heteroatoms. The largest absolute Gasteiger partial charge is 0.390 e. The van der Waals surface area contributed by atoms with Gasteiger partial charge in [0.2, 0.25) is 0 Å². The average molecular weight is 260 g/mol. The minimum absolute atomic E-state index is 0.194. The lowest BCUT2D eigenvalue weighted by molar-refractivity contribution is -0.0830. The molecule has 2 aliphatic heterocycles. The van der Waals surface area contributed by atoms with Crippen molar-refractivity contribution in [2.75, 3.05) is 0 Å². The predicted octanol–water partition coefficient (Wildman–Crippen LogP) is 3.42. The number of fused-ring (bicyclic) bond motifs is 2. The van der Waals surface area contributed by atoms with Crippen molar-refractivity contribution in [1.82, 2.24) is 0 Å². The number of aliphatic hydroxyl groups excluding tert-OH is 1. The summed E-state index contributed by atoms with van der Waals surface area (Å²) in [6.45, 7) is 8.68. The molecule has 3 rings (SSSR count). The van der Waals surface area contributed by atoms with Gasteiger partial charge in [-0.1, -0.05) is 38.1 Å². The maximum atomic E-state index is 10.3. The third kappa shape index (κ3) is 1.70. The Morgan fingerprint density at radius 2 is 1.95 bits per heavy atom. The third-order valence-electron chi connectivity index (χ3n) is 5.38. The van der Waals surface area contributed by atoms with E-state index in [-0.39, 0.29) is 17.3 Å². The summed E-state index contributed by atoms with van der Waals surface area (Å²) < 4.78 is 6.39. The van der Waals surface area contributed by atoms with Crippen LogP contribution in [0.1, 0.15) is 50.7 Å². The first-order valence-electron chi connectivity index (χ1n) is 7.33. The van der Waals surface area contributed by atoms with Crippen LogP contribution in [0, 0.1) is 12.8 Å². The molecule has 2 aliphatic rings. The zero-order chi connectivity index (χ0) is 13.8. The highest BCUT2D eigenvalue weighted by molar-refractivity contribution is 5.36. The summed E-state index contributed by atoms with van der Waals surface area (Å²) >= 11 is 0. The Morgan fingerprint density at radius 1 is 1.26 bits per heavy atom. The summed E-state index contributed by atoms with van der Waals surface area (Å²) in [5.41, 5.74) is 2.17. The van der Waals surface area contributed by atoms with Crippen LogP contribution >= 0.6 is 0 Å². The molecule has 0 aliphatic carbocycles. The van der Waals surface area contributed by atoms with Gasteiger partial charge in [0.15, 0.2) is 0 Å². The summed E-state index contributed by atoms with van der Waals surface area (Å²) in [7, 11) is 0. The van der Waals surface area contributed by atoms with Crippen LogP contribution in [0.25, 0.3) is 0 Å². The molecule has 1 N–H and O–H groups in total. The zero-order valence-corrected chi connectivity index (χ0v) is 12.3. The van der Waals surface area contributed by atoms with E-state index in [4.69, 9.17) is 4.74 Å². The second-order valence-corrected chi connectivity index (χ2v) is 6.86. The molecule has 2 saturated heterocycles. The van der Waals surface area contributed by atoms with Crippen molar-refractivity contribution in [3.8, 4) is 0 Å². The molecular formula is C17H24O2. The first kappa shape index (κ1) is 13.1. The molecule has 2 heterocycles. The van der Waals surface area contributed by atoms with Gasteiger partial charge in [0.05, 0.1) is 17.3 Å². The second-order valence-electron chi connectivity index (χ2n) is 6.86.